The third-order valence-corrected chi connectivity index (χ3v) is 4.86. The van der Waals surface area contributed by atoms with Crippen LogP contribution in [0.15, 0.2) is 24.3 Å². The summed E-state index contributed by atoms with van der Waals surface area (Å²) < 4.78 is 13.0. The lowest BCUT2D eigenvalue weighted by Gasteiger charge is -2.24. The number of carbonyl (C=O) groups excluding carboxylic acids is 1. The molecule has 1 aromatic rings. The van der Waals surface area contributed by atoms with Crippen LogP contribution in [0.1, 0.15) is 50.5 Å². The maximum Gasteiger partial charge on any atom is 0.275 e. The molecule has 0 bridgehead atoms. The second-order valence-electron chi connectivity index (χ2n) is 6.81. The van der Waals surface area contributed by atoms with Gasteiger partial charge in [-0.3, -0.25) is 4.79 Å². The van der Waals surface area contributed by atoms with E-state index in [1.807, 2.05) is 12.1 Å². The van der Waals surface area contributed by atoms with Gasteiger partial charge in [-0.2, -0.15) is 0 Å². The molecule has 4 heteroatoms. The minimum absolute atomic E-state index is 0.177. The third-order valence-electron chi connectivity index (χ3n) is 4.86. The Morgan fingerprint density at radius 2 is 1.77 bits per heavy atom. The smallest absolute Gasteiger partial charge is 0.275 e. The Kier molecular flexibility index (Phi) is 5.08. The van der Waals surface area contributed by atoms with Crippen molar-refractivity contribution in [2.75, 3.05) is 6.54 Å². The van der Waals surface area contributed by atoms with E-state index < -0.39 is 0 Å². The monoisotopic (exact) mass is 305 g/mol. The van der Waals surface area contributed by atoms with Crippen molar-refractivity contribution < 1.29 is 14.1 Å². The van der Waals surface area contributed by atoms with Gasteiger partial charge in [0.05, 0.1) is 6.04 Å². The van der Waals surface area contributed by atoms with Crippen molar-refractivity contribution in [3.63, 3.8) is 0 Å². The quantitative estimate of drug-likeness (QED) is 0.826. The second-order valence-corrected chi connectivity index (χ2v) is 6.81. The highest BCUT2D eigenvalue weighted by Crippen LogP contribution is 2.18. The van der Waals surface area contributed by atoms with E-state index in [0.717, 1.165) is 24.9 Å². The molecule has 2 N–H and O–H groups in total. The maximum atomic E-state index is 13.0. The van der Waals surface area contributed by atoms with Gasteiger partial charge in [-0.1, -0.05) is 31.4 Å². The Morgan fingerprint density at radius 1 is 1.09 bits per heavy atom. The fourth-order valence-electron chi connectivity index (χ4n) is 3.44. The highest BCUT2D eigenvalue weighted by atomic mass is 19.1. The largest absolute Gasteiger partial charge is 0.348 e. The van der Waals surface area contributed by atoms with Gasteiger partial charge in [0.25, 0.3) is 5.91 Å². The molecule has 0 radical (unpaired) electrons. The number of hydrogen-bond acceptors (Lipinski definition) is 1. The van der Waals surface area contributed by atoms with Crippen LogP contribution < -0.4 is 10.2 Å². The normalized spacial score (nSPS) is 20.6. The van der Waals surface area contributed by atoms with Crippen LogP contribution in [0.3, 0.4) is 0 Å². The molecule has 2 aliphatic carbocycles. The first kappa shape index (κ1) is 15.5. The third kappa shape index (κ3) is 4.54. The Labute approximate surface area is 131 Å². The molecule has 2 fully saturated rings. The molecule has 0 aliphatic heterocycles. The van der Waals surface area contributed by atoms with E-state index in [2.05, 4.69) is 5.32 Å². The number of rotatable bonds is 6. The molecule has 2 aliphatic rings. The zero-order valence-electron chi connectivity index (χ0n) is 13.1. The van der Waals surface area contributed by atoms with Gasteiger partial charge >= 0.3 is 0 Å². The van der Waals surface area contributed by atoms with Crippen LogP contribution in [0.25, 0.3) is 0 Å². The average molecular weight is 305 g/mol. The second kappa shape index (κ2) is 7.23. The van der Waals surface area contributed by atoms with E-state index in [1.165, 1.54) is 49.1 Å². The van der Waals surface area contributed by atoms with Crippen molar-refractivity contribution in [2.24, 2.45) is 0 Å². The lowest BCUT2D eigenvalue weighted by molar-refractivity contribution is -0.917. The van der Waals surface area contributed by atoms with Gasteiger partial charge < -0.3 is 10.2 Å². The summed E-state index contributed by atoms with van der Waals surface area (Å²) in [6.45, 7) is 1.35. The van der Waals surface area contributed by atoms with Crippen molar-refractivity contribution in [1.29, 1.82) is 0 Å². The van der Waals surface area contributed by atoms with Gasteiger partial charge in [-0.15, -0.1) is 0 Å². The molecule has 1 aromatic carbocycles. The molecule has 3 nitrogen and oxygen atoms in total. The van der Waals surface area contributed by atoms with Crippen LogP contribution in [-0.4, -0.2) is 24.5 Å². The van der Waals surface area contributed by atoms with E-state index >= 15 is 0 Å². The van der Waals surface area contributed by atoms with Crippen LogP contribution in [-0.2, 0) is 11.3 Å². The summed E-state index contributed by atoms with van der Waals surface area (Å²) in [6.07, 6.45) is 8.43. The summed E-state index contributed by atoms with van der Waals surface area (Å²) in [7, 11) is 0. The summed E-state index contributed by atoms with van der Waals surface area (Å²) >= 11 is 0. The molecule has 0 saturated heterocycles. The maximum absolute atomic E-state index is 13.0. The summed E-state index contributed by atoms with van der Waals surface area (Å²) in [6, 6.07) is 7.65. The summed E-state index contributed by atoms with van der Waals surface area (Å²) in [5, 5.41) is 3.21. The van der Waals surface area contributed by atoms with Gasteiger partial charge in [0.1, 0.15) is 12.4 Å². The predicted octanol–water partition coefficient (Wildman–Crippen LogP) is 1.82. The van der Waals surface area contributed by atoms with Crippen LogP contribution in [0.5, 0.6) is 0 Å². The highest BCUT2D eigenvalue weighted by molar-refractivity contribution is 5.77. The van der Waals surface area contributed by atoms with E-state index in [9.17, 15) is 9.18 Å². The van der Waals surface area contributed by atoms with E-state index in [1.54, 1.807) is 0 Å². The zero-order valence-corrected chi connectivity index (χ0v) is 13.1. The van der Waals surface area contributed by atoms with Gasteiger partial charge in [0.2, 0.25) is 0 Å². The molecular formula is C18H26FN2O+. The first-order valence-electron chi connectivity index (χ1n) is 8.59. The topological polar surface area (TPSA) is 33.5 Å². The number of nitrogens with one attached hydrogen (secondary N) is 2. The van der Waals surface area contributed by atoms with Crippen LogP contribution in [0.4, 0.5) is 4.39 Å². The molecule has 0 aromatic heterocycles. The number of amides is 1. The molecule has 2 saturated carbocycles. The van der Waals surface area contributed by atoms with Crippen molar-refractivity contribution in [2.45, 2.75) is 63.6 Å². The molecule has 1 unspecified atom stereocenters. The number of halogens is 1. The minimum atomic E-state index is -0.202. The van der Waals surface area contributed by atoms with E-state index in [-0.39, 0.29) is 11.7 Å². The number of benzene rings is 1. The molecule has 0 spiro atoms. The fourth-order valence-corrected chi connectivity index (χ4v) is 3.44. The number of quaternary nitrogens is 1. The summed E-state index contributed by atoms with van der Waals surface area (Å²) in [5.41, 5.74) is 1.11. The fraction of sp³-hybridized carbons (Fsp3) is 0.611. The molecule has 1 amide bonds. The Bertz CT molecular complexity index is 492. The van der Waals surface area contributed by atoms with Crippen LogP contribution in [0.2, 0.25) is 0 Å². The Balaban J connectivity index is 1.52. The van der Waals surface area contributed by atoms with Gasteiger partial charge in [-0.05, 0) is 25.0 Å². The predicted molar refractivity (Wildman–Crippen MR) is 84.0 cm³/mol. The first-order valence-corrected chi connectivity index (χ1v) is 8.59. The number of carbonyl (C=O) groups is 1. The molecular weight excluding hydrogens is 279 g/mol. The number of hydrogen-bond donors (Lipinski definition) is 2. The molecule has 22 heavy (non-hydrogen) atoms. The molecule has 120 valence electrons. The first-order chi connectivity index (χ1) is 10.7. The van der Waals surface area contributed by atoms with Crippen LogP contribution >= 0.6 is 0 Å². The van der Waals surface area contributed by atoms with Crippen molar-refractivity contribution >= 4 is 5.91 Å². The van der Waals surface area contributed by atoms with Crippen molar-refractivity contribution in [3.05, 3.63) is 35.6 Å². The lowest BCUT2D eigenvalue weighted by atomic mass is 9.95. The lowest BCUT2D eigenvalue weighted by Crippen LogP contribution is -3.13. The summed E-state index contributed by atoms with van der Waals surface area (Å²) in [4.78, 5) is 13.6. The Hall–Kier alpha value is -1.42. The molecule has 1 atom stereocenters. The standard InChI is InChI=1S/C18H25FN2O/c19-15-8-6-14(7-9-15)12-21(17-10-11-17)13-18(22)20-16-4-2-1-3-5-16/h6-9,16-17H,1-5,10-13H2,(H,20,22)/p+1. The Morgan fingerprint density at radius 3 is 2.41 bits per heavy atom. The zero-order chi connectivity index (χ0) is 15.4. The van der Waals surface area contributed by atoms with Crippen LogP contribution in [0, 0.1) is 5.82 Å². The van der Waals surface area contributed by atoms with Crippen molar-refractivity contribution in [1.82, 2.24) is 5.32 Å². The molecule has 0 heterocycles. The highest BCUT2D eigenvalue weighted by Gasteiger charge is 2.34. The van der Waals surface area contributed by atoms with E-state index in [4.69, 9.17) is 0 Å². The minimum Gasteiger partial charge on any atom is -0.348 e. The van der Waals surface area contributed by atoms with Gasteiger partial charge in [-0.25, -0.2) is 4.39 Å². The van der Waals surface area contributed by atoms with Gasteiger partial charge in [0, 0.05) is 24.4 Å². The average Bonchev–Trinajstić information content (AvgIpc) is 3.34. The SMILES string of the molecule is O=C(C[NH+](Cc1ccc(F)cc1)C1CC1)NC1CCCCC1. The van der Waals surface area contributed by atoms with Crippen molar-refractivity contribution in [3.8, 4) is 0 Å². The summed E-state index contributed by atoms with van der Waals surface area (Å²) in [5.74, 6) is -0.0253. The molecule has 3 rings (SSSR count). The van der Waals surface area contributed by atoms with Gasteiger partial charge in [0.15, 0.2) is 6.54 Å². The van der Waals surface area contributed by atoms with E-state index in [0.29, 0.717) is 18.6 Å².